The predicted molar refractivity (Wildman–Crippen MR) is 70.8 cm³/mol. The van der Waals surface area contributed by atoms with E-state index in [0.29, 0.717) is 6.61 Å². The zero-order chi connectivity index (χ0) is 12.4. The van der Waals surface area contributed by atoms with Gasteiger partial charge in [0.2, 0.25) is 0 Å². The highest BCUT2D eigenvalue weighted by atomic mass is 32.1. The van der Waals surface area contributed by atoms with Crippen molar-refractivity contribution in [2.75, 3.05) is 0 Å². The van der Waals surface area contributed by atoms with Crippen LogP contribution in [0, 0.1) is 0 Å². The first kappa shape index (κ1) is 11.7. The van der Waals surface area contributed by atoms with E-state index in [4.69, 9.17) is 4.74 Å². The number of nitrogens with zero attached hydrogens (tertiary/aromatic N) is 1. The van der Waals surface area contributed by atoms with E-state index in [-0.39, 0.29) is 6.10 Å². The second kappa shape index (κ2) is 5.08. The molecule has 3 nitrogen and oxygen atoms in total. The monoisotopic (exact) mass is 261 g/mol. The van der Waals surface area contributed by atoms with Gasteiger partial charge in [0.15, 0.2) is 0 Å². The molecular weight excluding hydrogens is 246 g/mol. The normalized spacial score (nSPS) is 18.4. The van der Waals surface area contributed by atoms with Gasteiger partial charge in [-0.3, -0.25) is 0 Å². The van der Waals surface area contributed by atoms with Crippen LogP contribution < -0.4 is 4.74 Å². The SMILES string of the molecule is OC1CCCc2ccc(OCc3cscn3)cc21. The van der Waals surface area contributed by atoms with Gasteiger partial charge in [0, 0.05) is 5.38 Å². The molecule has 1 aliphatic carbocycles. The molecule has 0 bridgehead atoms. The van der Waals surface area contributed by atoms with Gasteiger partial charge in [-0.15, -0.1) is 11.3 Å². The summed E-state index contributed by atoms with van der Waals surface area (Å²) in [5.41, 5.74) is 5.01. The molecule has 0 amide bonds. The number of aryl methyl sites for hydroxylation is 1. The molecule has 0 fully saturated rings. The number of rotatable bonds is 3. The van der Waals surface area contributed by atoms with Gasteiger partial charge < -0.3 is 9.84 Å². The van der Waals surface area contributed by atoms with Crippen LogP contribution in [0.2, 0.25) is 0 Å². The summed E-state index contributed by atoms with van der Waals surface area (Å²) < 4.78 is 5.70. The molecule has 0 radical (unpaired) electrons. The molecule has 18 heavy (non-hydrogen) atoms. The summed E-state index contributed by atoms with van der Waals surface area (Å²) in [6, 6.07) is 6.00. The molecule has 4 heteroatoms. The van der Waals surface area contributed by atoms with E-state index in [1.54, 1.807) is 16.8 Å². The van der Waals surface area contributed by atoms with Gasteiger partial charge in [-0.2, -0.15) is 0 Å². The van der Waals surface area contributed by atoms with Crippen molar-refractivity contribution in [3.05, 3.63) is 45.9 Å². The van der Waals surface area contributed by atoms with Gasteiger partial charge in [0.25, 0.3) is 0 Å². The molecule has 0 spiro atoms. The first-order valence-corrected chi connectivity index (χ1v) is 7.08. The average Bonchev–Trinajstić information content (AvgIpc) is 2.90. The highest BCUT2D eigenvalue weighted by molar-refractivity contribution is 7.07. The van der Waals surface area contributed by atoms with Crippen molar-refractivity contribution < 1.29 is 9.84 Å². The average molecular weight is 261 g/mol. The van der Waals surface area contributed by atoms with Crippen molar-refractivity contribution in [3.8, 4) is 5.75 Å². The molecular formula is C14H15NO2S. The standard InChI is InChI=1S/C14H15NO2S/c16-14-3-1-2-10-4-5-12(6-13(10)14)17-7-11-8-18-9-15-11/h4-6,8-9,14,16H,1-3,7H2. The van der Waals surface area contributed by atoms with E-state index < -0.39 is 0 Å². The second-order valence-corrected chi connectivity index (χ2v) is 5.26. The van der Waals surface area contributed by atoms with Crippen LogP contribution in [0.25, 0.3) is 0 Å². The highest BCUT2D eigenvalue weighted by Crippen LogP contribution is 2.32. The molecule has 1 heterocycles. The number of hydrogen-bond donors (Lipinski definition) is 1. The molecule has 94 valence electrons. The van der Waals surface area contributed by atoms with E-state index in [2.05, 4.69) is 11.1 Å². The molecule has 1 unspecified atom stereocenters. The fraction of sp³-hybridized carbons (Fsp3) is 0.357. The molecule has 3 rings (SSSR count). The number of aromatic nitrogens is 1. The summed E-state index contributed by atoms with van der Waals surface area (Å²) in [5, 5.41) is 12.0. The Morgan fingerprint density at radius 3 is 3.22 bits per heavy atom. The van der Waals surface area contributed by atoms with E-state index in [1.165, 1.54) is 5.56 Å². The Morgan fingerprint density at radius 1 is 1.44 bits per heavy atom. The maximum atomic E-state index is 9.97. The van der Waals surface area contributed by atoms with Gasteiger partial charge >= 0.3 is 0 Å². The Hall–Kier alpha value is -1.39. The minimum Gasteiger partial charge on any atom is -0.487 e. The minimum atomic E-state index is -0.337. The fourth-order valence-electron chi connectivity index (χ4n) is 2.31. The summed E-state index contributed by atoms with van der Waals surface area (Å²) in [5.74, 6) is 0.808. The molecule has 0 saturated carbocycles. The van der Waals surface area contributed by atoms with E-state index in [0.717, 1.165) is 36.3 Å². The fourth-order valence-corrected chi connectivity index (χ4v) is 2.85. The van der Waals surface area contributed by atoms with Crippen LogP contribution in [-0.2, 0) is 13.0 Å². The number of aliphatic hydroxyl groups excluding tert-OH is 1. The van der Waals surface area contributed by atoms with Crippen LogP contribution in [0.3, 0.4) is 0 Å². The quantitative estimate of drug-likeness (QED) is 0.923. The van der Waals surface area contributed by atoms with Crippen LogP contribution in [0.4, 0.5) is 0 Å². The smallest absolute Gasteiger partial charge is 0.131 e. The zero-order valence-electron chi connectivity index (χ0n) is 10.0. The molecule has 1 aromatic carbocycles. The zero-order valence-corrected chi connectivity index (χ0v) is 10.8. The van der Waals surface area contributed by atoms with Gasteiger partial charge in [0.1, 0.15) is 12.4 Å². The van der Waals surface area contributed by atoms with Crippen molar-refractivity contribution in [2.24, 2.45) is 0 Å². The third-order valence-corrected chi connectivity index (χ3v) is 3.91. The summed E-state index contributed by atoms with van der Waals surface area (Å²) in [6.07, 6.45) is 2.63. The van der Waals surface area contributed by atoms with Crippen LogP contribution >= 0.6 is 11.3 Å². The molecule has 1 N–H and O–H groups in total. The molecule has 1 atom stereocenters. The lowest BCUT2D eigenvalue weighted by molar-refractivity contribution is 0.156. The summed E-state index contributed by atoms with van der Waals surface area (Å²) in [7, 11) is 0. The number of aliphatic hydroxyl groups is 1. The van der Waals surface area contributed by atoms with Crippen LogP contribution in [0.5, 0.6) is 5.75 Å². The minimum absolute atomic E-state index is 0.337. The molecule has 0 saturated heterocycles. The third-order valence-electron chi connectivity index (χ3n) is 3.27. The Bertz CT molecular complexity index is 525. The van der Waals surface area contributed by atoms with Crippen molar-refractivity contribution in [2.45, 2.75) is 32.0 Å². The van der Waals surface area contributed by atoms with Crippen LogP contribution in [-0.4, -0.2) is 10.1 Å². The largest absolute Gasteiger partial charge is 0.487 e. The topological polar surface area (TPSA) is 42.4 Å². The van der Waals surface area contributed by atoms with E-state index in [1.807, 2.05) is 17.5 Å². The Morgan fingerprint density at radius 2 is 2.39 bits per heavy atom. The van der Waals surface area contributed by atoms with Gasteiger partial charge in [-0.25, -0.2) is 4.98 Å². The Balaban J connectivity index is 1.75. The van der Waals surface area contributed by atoms with Gasteiger partial charge in [-0.1, -0.05) is 6.07 Å². The van der Waals surface area contributed by atoms with Gasteiger partial charge in [0.05, 0.1) is 17.3 Å². The maximum absolute atomic E-state index is 9.97. The van der Waals surface area contributed by atoms with Crippen molar-refractivity contribution in [1.82, 2.24) is 4.98 Å². The van der Waals surface area contributed by atoms with E-state index in [9.17, 15) is 5.11 Å². The summed E-state index contributed by atoms with van der Waals surface area (Å²) >= 11 is 1.57. The lowest BCUT2D eigenvalue weighted by Crippen LogP contribution is -2.09. The highest BCUT2D eigenvalue weighted by Gasteiger charge is 2.18. The Kier molecular flexibility index (Phi) is 3.30. The molecule has 0 aliphatic heterocycles. The first-order chi connectivity index (χ1) is 8.83. The summed E-state index contributed by atoms with van der Waals surface area (Å²) in [6.45, 7) is 0.485. The van der Waals surface area contributed by atoms with Crippen LogP contribution in [0.1, 0.15) is 35.8 Å². The van der Waals surface area contributed by atoms with Crippen molar-refractivity contribution in [3.63, 3.8) is 0 Å². The second-order valence-electron chi connectivity index (χ2n) is 4.54. The van der Waals surface area contributed by atoms with Crippen LogP contribution in [0.15, 0.2) is 29.1 Å². The number of benzene rings is 1. The number of thiazole rings is 1. The molecule has 1 aromatic heterocycles. The third kappa shape index (κ3) is 2.40. The Labute approximate surface area is 110 Å². The molecule has 1 aliphatic rings. The van der Waals surface area contributed by atoms with Crippen molar-refractivity contribution in [1.29, 1.82) is 0 Å². The van der Waals surface area contributed by atoms with Crippen molar-refractivity contribution >= 4 is 11.3 Å². The predicted octanol–water partition coefficient (Wildman–Crippen LogP) is 3.09. The maximum Gasteiger partial charge on any atom is 0.131 e. The first-order valence-electron chi connectivity index (χ1n) is 6.13. The van der Waals surface area contributed by atoms with Gasteiger partial charge in [-0.05, 0) is 42.5 Å². The lowest BCUT2D eigenvalue weighted by Gasteiger charge is -2.21. The van der Waals surface area contributed by atoms with E-state index >= 15 is 0 Å². The number of hydrogen-bond acceptors (Lipinski definition) is 4. The molecule has 2 aromatic rings. The lowest BCUT2D eigenvalue weighted by atomic mass is 9.89. The number of fused-ring (bicyclic) bond motifs is 1. The summed E-state index contributed by atoms with van der Waals surface area (Å²) in [4.78, 5) is 4.18. The number of ether oxygens (including phenoxy) is 1.